The predicted octanol–water partition coefficient (Wildman–Crippen LogP) is 3.80. The Hall–Kier alpha value is -2.97. The molecule has 140 valence electrons. The third kappa shape index (κ3) is 5.50. The molecule has 0 saturated carbocycles. The van der Waals surface area contributed by atoms with Crippen LogP contribution in [0.2, 0.25) is 10.0 Å². The van der Waals surface area contributed by atoms with Crippen LogP contribution < -0.4 is 5.32 Å². The van der Waals surface area contributed by atoms with Gasteiger partial charge < -0.3 is 10.1 Å². The number of carbonyl (C=O) groups is 2. The Bertz CT molecular complexity index is 931. The second kappa shape index (κ2) is 9.11. The van der Waals surface area contributed by atoms with Gasteiger partial charge in [0.1, 0.15) is 0 Å². The quantitative estimate of drug-likeness (QED) is 0.336. The molecule has 10 heteroatoms. The maximum atomic E-state index is 11.8. The van der Waals surface area contributed by atoms with E-state index in [-0.39, 0.29) is 22.1 Å². The van der Waals surface area contributed by atoms with E-state index in [0.29, 0.717) is 10.6 Å². The topological polar surface area (TPSA) is 111 Å². The maximum Gasteiger partial charge on any atom is 0.331 e. The van der Waals surface area contributed by atoms with Crippen molar-refractivity contribution >= 4 is 52.7 Å². The summed E-state index contributed by atoms with van der Waals surface area (Å²) < 4.78 is 4.79. The Labute approximate surface area is 163 Å². The molecule has 1 amide bonds. The molecule has 0 atom stereocenters. The highest BCUT2D eigenvalue weighted by molar-refractivity contribution is 6.37. The zero-order valence-electron chi connectivity index (χ0n) is 13.9. The van der Waals surface area contributed by atoms with Gasteiger partial charge in [0.15, 0.2) is 12.4 Å². The Morgan fingerprint density at radius 2 is 2.04 bits per heavy atom. The molecule has 1 N–H and O–H groups in total. The average Bonchev–Trinajstić information content (AvgIpc) is 2.65. The van der Waals surface area contributed by atoms with E-state index in [1.807, 2.05) is 0 Å². The van der Waals surface area contributed by atoms with Gasteiger partial charge in [-0.2, -0.15) is 0 Å². The fourth-order valence-electron chi connectivity index (χ4n) is 1.95. The van der Waals surface area contributed by atoms with Gasteiger partial charge in [-0.15, -0.1) is 0 Å². The number of pyridine rings is 1. The molecule has 0 radical (unpaired) electrons. The van der Waals surface area contributed by atoms with Crippen molar-refractivity contribution in [3.05, 3.63) is 67.8 Å². The van der Waals surface area contributed by atoms with Crippen molar-refractivity contribution in [2.24, 2.45) is 0 Å². The molecule has 0 saturated heterocycles. The molecule has 0 bridgehead atoms. The van der Waals surface area contributed by atoms with Crippen molar-refractivity contribution < 1.29 is 19.2 Å². The van der Waals surface area contributed by atoms with Crippen molar-refractivity contribution in [3.63, 3.8) is 0 Å². The minimum Gasteiger partial charge on any atom is -0.452 e. The molecule has 1 aromatic heterocycles. The van der Waals surface area contributed by atoms with E-state index in [1.165, 1.54) is 30.5 Å². The van der Waals surface area contributed by atoms with E-state index in [2.05, 4.69) is 10.3 Å². The largest absolute Gasteiger partial charge is 0.452 e. The standard InChI is InChI=1S/C17H13Cl2N3O5/c1-10-12(18)8-20-17(16(10)19)21-14(23)9-27-15(24)7-6-11-4-2-3-5-13(11)22(25)26/h2-8H,9H2,1H3,(H,20,21,23)/b7-6+. The summed E-state index contributed by atoms with van der Waals surface area (Å²) in [5, 5.41) is 13.8. The average molecular weight is 410 g/mol. The zero-order valence-corrected chi connectivity index (χ0v) is 15.5. The van der Waals surface area contributed by atoms with Gasteiger partial charge in [-0.1, -0.05) is 35.3 Å². The summed E-state index contributed by atoms with van der Waals surface area (Å²) in [6.45, 7) is 1.08. The summed E-state index contributed by atoms with van der Waals surface area (Å²) in [4.78, 5) is 37.8. The van der Waals surface area contributed by atoms with Gasteiger partial charge >= 0.3 is 5.97 Å². The van der Waals surface area contributed by atoms with Crippen LogP contribution in [0, 0.1) is 17.0 Å². The smallest absolute Gasteiger partial charge is 0.331 e. The van der Waals surface area contributed by atoms with Crippen molar-refractivity contribution in [1.82, 2.24) is 4.98 Å². The molecule has 27 heavy (non-hydrogen) atoms. The number of nitro groups is 1. The number of nitrogens with zero attached hydrogens (tertiary/aromatic N) is 2. The molecular formula is C17H13Cl2N3O5. The molecule has 2 aromatic rings. The molecule has 2 rings (SSSR count). The van der Waals surface area contributed by atoms with Crippen molar-refractivity contribution in [2.75, 3.05) is 11.9 Å². The first kappa shape index (κ1) is 20.3. The minimum absolute atomic E-state index is 0.0927. The number of aromatic nitrogens is 1. The van der Waals surface area contributed by atoms with E-state index in [1.54, 1.807) is 13.0 Å². The lowest BCUT2D eigenvalue weighted by molar-refractivity contribution is -0.385. The Balaban J connectivity index is 1.93. The van der Waals surface area contributed by atoms with E-state index in [4.69, 9.17) is 27.9 Å². The second-order valence-corrected chi connectivity index (χ2v) is 5.98. The van der Waals surface area contributed by atoms with E-state index in [9.17, 15) is 19.7 Å². The zero-order chi connectivity index (χ0) is 20.0. The minimum atomic E-state index is -0.838. The number of ether oxygens (including phenoxy) is 1. The number of esters is 1. The molecule has 0 unspecified atom stereocenters. The van der Waals surface area contributed by atoms with Gasteiger partial charge in [-0.3, -0.25) is 14.9 Å². The molecule has 0 aliphatic heterocycles. The van der Waals surface area contributed by atoms with Gasteiger partial charge in [0.05, 0.1) is 20.5 Å². The number of nitro benzene ring substituents is 1. The monoisotopic (exact) mass is 409 g/mol. The SMILES string of the molecule is Cc1c(Cl)cnc(NC(=O)COC(=O)/C=C/c2ccccc2[N+](=O)[O-])c1Cl. The first-order chi connectivity index (χ1) is 12.8. The molecule has 0 aliphatic rings. The molecule has 8 nitrogen and oxygen atoms in total. The number of rotatable bonds is 6. The van der Waals surface area contributed by atoms with Crippen molar-refractivity contribution in [3.8, 4) is 0 Å². The van der Waals surface area contributed by atoms with Crippen LogP contribution in [0.25, 0.3) is 6.08 Å². The van der Waals surface area contributed by atoms with Crippen LogP contribution in [-0.2, 0) is 14.3 Å². The predicted molar refractivity (Wildman–Crippen MR) is 101 cm³/mol. The number of amides is 1. The van der Waals surface area contributed by atoms with Crippen LogP contribution in [0.3, 0.4) is 0 Å². The number of carbonyl (C=O) groups excluding carboxylic acids is 2. The summed E-state index contributed by atoms with van der Waals surface area (Å²) in [6, 6.07) is 5.89. The van der Waals surface area contributed by atoms with Crippen LogP contribution in [0.5, 0.6) is 0 Å². The lowest BCUT2D eigenvalue weighted by Gasteiger charge is -2.09. The molecule has 0 spiro atoms. The number of hydrogen-bond donors (Lipinski definition) is 1. The van der Waals surface area contributed by atoms with Crippen LogP contribution in [0.4, 0.5) is 11.5 Å². The lowest BCUT2D eigenvalue weighted by Crippen LogP contribution is -2.21. The van der Waals surface area contributed by atoms with Gasteiger partial charge in [-0.25, -0.2) is 9.78 Å². The Morgan fingerprint density at radius 1 is 1.33 bits per heavy atom. The van der Waals surface area contributed by atoms with Gasteiger partial charge in [0.2, 0.25) is 0 Å². The lowest BCUT2D eigenvalue weighted by atomic mass is 10.1. The summed E-state index contributed by atoms with van der Waals surface area (Å²) in [5.41, 5.74) is 0.627. The number of anilines is 1. The number of halogens is 2. The number of hydrogen-bond acceptors (Lipinski definition) is 6. The number of para-hydroxylation sites is 1. The van der Waals surface area contributed by atoms with Crippen LogP contribution in [0.1, 0.15) is 11.1 Å². The van der Waals surface area contributed by atoms with Crippen LogP contribution in [0.15, 0.2) is 36.5 Å². The third-order valence-corrected chi connectivity index (χ3v) is 4.18. The van der Waals surface area contributed by atoms with Crippen LogP contribution >= 0.6 is 23.2 Å². The van der Waals surface area contributed by atoms with E-state index in [0.717, 1.165) is 6.08 Å². The summed E-state index contributed by atoms with van der Waals surface area (Å²) in [7, 11) is 0. The molecule has 1 heterocycles. The molecule has 0 fully saturated rings. The Morgan fingerprint density at radius 3 is 2.74 bits per heavy atom. The summed E-state index contributed by atoms with van der Waals surface area (Å²) in [6.07, 6.45) is 3.56. The van der Waals surface area contributed by atoms with Crippen molar-refractivity contribution in [1.29, 1.82) is 0 Å². The highest BCUT2D eigenvalue weighted by Crippen LogP contribution is 2.28. The first-order valence-electron chi connectivity index (χ1n) is 7.48. The Kier molecular flexibility index (Phi) is 6.86. The van der Waals surface area contributed by atoms with E-state index >= 15 is 0 Å². The van der Waals surface area contributed by atoms with Gasteiger partial charge in [0, 0.05) is 18.3 Å². The number of nitrogens with one attached hydrogen (secondary N) is 1. The fourth-order valence-corrected chi connectivity index (χ4v) is 2.34. The summed E-state index contributed by atoms with van der Waals surface area (Å²) >= 11 is 11.9. The second-order valence-electron chi connectivity index (χ2n) is 5.20. The highest BCUT2D eigenvalue weighted by Gasteiger charge is 2.13. The van der Waals surface area contributed by atoms with E-state index < -0.39 is 23.4 Å². The normalized spacial score (nSPS) is 10.6. The van der Waals surface area contributed by atoms with Crippen molar-refractivity contribution in [2.45, 2.75) is 6.92 Å². The molecular weight excluding hydrogens is 397 g/mol. The molecule has 0 aliphatic carbocycles. The third-order valence-electron chi connectivity index (χ3n) is 3.34. The molecule has 1 aromatic carbocycles. The first-order valence-corrected chi connectivity index (χ1v) is 8.24. The maximum absolute atomic E-state index is 11.8. The fraction of sp³-hybridized carbons (Fsp3) is 0.118. The summed E-state index contributed by atoms with van der Waals surface area (Å²) in [5.74, 6) is -1.40. The van der Waals surface area contributed by atoms with Gasteiger partial charge in [-0.05, 0) is 24.6 Å². The highest BCUT2D eigenvalue weighted by atomic mass is 35.5. The van der Waals surface area contributed by atoms with Crippen LogP contribution in [-0.4, -0.2) is 28.4 Å². The van der Waals surface area contributed by atoms with Gasteiger partial charge in [0.25, 0.3) is 11.6 Å². The number of benzene rings is 1.